The lowest BCUT2D eigenvalue weighted by Crippen LogP contribution is -2.49. The highest BCUT2D eigenvalue weighted by Gasteiger charge is 2.27. The van der Waals surface area contributed by atoms with Gasteiger partial charge in [0.1, 0.15) is 24.0 Å². The van der Waals surface area contributed by atoms with Crippen molar-refractivity contribution in [2.45, 2.75) is 50.5 Å². The summed E-state index contributed by atoms with van der Waals surface area (Å²) >= 11 is 2.89. The quantitative estimate of drug-likeness (QED) is 0.204. The van der Waals surface area contributed by atoms with Crippen molar-refractivity contribution in [1.82, 2.24) is 23.8 Å². The molecule has 0 aliphatic carbocycles. The van der Waals surface area contributed by atoms with Crippen molar-refractivity contribution in [3.8, 4) is 16.5 Å². The number of fused-ring (bicyclic) bond motifs is 1. The number of carbonyl (C=O) groups is 1. The van der Waals surface area contributed by atoms with Crippen molar-refractivity contribution in [3.63, 3.8) is 0 Å². The number of carbonyl (C=O) groups excluding carboxylic acids is 1. The molecule has 1 unspecified atom stereocenters. The normalized spacial score (nSPS) is 16.9. The van der Waals surface area contributed by atoms with Crippen LogP contribution < -0.4 is 10.3 Å². The Morgan fingerprint density at radius 2 is 1.91 bits per heavy atom. The third-order valence-electron chi connectivity index (χ3n) is 7.38. The number of benzene rings is 2. The summed E-state index contributed by atoms with van der Waals surface area (Å²) in [6, 6.07) is 14.3. The van der Waals surface area contributed by atoms with E-state index in [0.29, 0.717) is 36.0 Å². The molecule has 0 saturated carbocycles. The van der Waals surface area contributed by atoms with Gasteiger partial charge in [0, 0.05) is 47.9 Å². The smallest absolute Gasteiger partial charge is 0.302 e. The fourth-order valence-corrected chi connectivity index (χ4v) is 6.92. The van der Waals surface area contributed by atoms with Crippen LogP contribution in [0.2, 0.25) is 0 Å². The molecule has 12 heteroatoms. The fraction of sp³-hybridized carbons (Fsp3) is 0.312. The minimum absolute atomic E-state index is 0.0250. The molecule has 1 fully saturated rings. The number of morpholine rings is 1. The van der Waals surface area contributed by atoms with Gasteiger partial charge in [0.25, 0.3) is 0 Å². The molecule has 9 nitrogen and oxygen atoms in total. The zero-order valence-electron chi connectivity index (χ0n) is 24.6. The number of ether oxygens (including phenoxy) is 2. The molecule has 0 radical (unpaired) electrons. The second-order valence-corrected chi connectivity index (χ2v) is 12.7. The molecule has 1 amide bonds. The summed E-state index contributed by atoms with van der Waals surface area (Å²) in [4.78, 5) is 40.2. The molecule has 2 atom stereocenters. The molecule has 1 aliphatic rings. The maximum Gasteiger partial charge on any atom is 0.302 e. The first-order chi connectivity index (χ1) is 21.3. The summed E-state index contributed by atoms with van der Waals surface area (Å²) in [5.41, 5.74) is 1.81. The van der Waals surface area contributed by atoms with E-state index in [4.69, 9.17) is 14.5 Å². The number of thioether (sulfide) groups is 1. The summed E-state index contributed by atoms with van der Waals surface area (Å²) in [6.45, 7) is 5.11. The van der Waals surface area contributed by atoms with Gasteiger partial charge in [0.15, 0.2) is 5.69 Å². The van der Waals surface area contributed by atoms with Crippen LogP contribution in [0.5, 0.6) is 5.75 Å². The number of rotatable bonds is 9. The highest BCUT2D eigenvalue weighted by Crippen LogP contribution is 2.33. The molecule has 0 N–H and O–H groups in total. The van der Waals surface area contributed by atoms with Crippen LogP contribution in [-0.4, -0.2) is 61.3 Å². The Morgan fingerprint density at radius 1 is 1.14 bits per heavy atom. The monoisotopic (exact) mass is 633 g/mol. The second-order valence-electron chi connectivity index (χ2n) is 10.8. The Labute approximate surface area is 262 Å². The van der Waals surface area contributed by atoms with E-state index in [1.54, 1.807) is 34.1 Å². The maximum atomic E-state index is 13.9. The van der Waals surface area contributed by atoms with E-state index in [2.05, 4.69) is 4.98 Å². The third kappa shape index (κ3) is 6.42. The van der Waals surface area contributed by atoms with E-state index >= 15 is 0 Å². The number of imidazole rings is 1. The van der Waals surface area contributed by atoms with Gasteiger partial charge in [0.2, 0.25) is 17.4 Å². The van der Waals surface area contributed by atoms with Gasteiger partial charge in [-0.2, -0.15) is 0 Å². The number of hydrogen-bond donors (Lipinski definition) is 0. The summed E-state index contributed by atoms with van der Waals surface area (Å²) in [7, 11) is 0. The minimum Gasteiger partial charge on any atom is -0.481 e. The SMILES string of the molecule is CSc1cc(F)ccc1Cc1cnc(-c2nc3n(CC(=O)N4CC(C)O[C@H](C)C4)ccn3c(=O)c2OCc2ccccc2)s1. The van der Waals surface area contributed by atoms with Gasteiger partial charge in [0.05, 0.1) is 12.2 Å². The van der Waals surface area contributed by atoms with Crippen LogP contribution in [0, 0.1) is 5.82 Å². The Hall–Kier alpha value is -4.00. The molecule has 1 aliphatic heterocycles. The Balaban J connectivity index is 1.36. The van der Waals surface area contributed by atoms with E-state index < -0.39 is 0 Å². The van der Waals surface area contributed by atoms with Crippen molar-refractivity contribution < 1.29 is 18.7 Å². The van der Waals surface area contributed by atoms with E-state index in [1.807, 2.05) is 50.4 Å². The van der Waals surface area contributed by atoms with E-state index in [1.165, 1.54) is 39.6 Å². The Kier molecular flexibility index (Phi) is 8.83. The highest BCUT2D eigenvalue weighted by atomic mass is 32.2. The lowest BCUT2D eigenvalue weighted by Gasteiger charge is -2.35. The topological polar surface area (TPSA) is 91.0 Å². The van der Waals surface area contributed by atoms with E-state index in [0.717, 1.165) is 20.9 Å². The first kappa shape index (κ1) is 30.0. The second kappa shape index (κ2) is 12.9. The Bertz CT molecular complexity index is 1840. The van der Waals surface area contributed by atoms with Crippen molar-refractivity contribution in [1.29, 1.82) is 0 Å². The van der Waals surface area contributed by atoms with E-state index in [9.17, 15) is 14.0 Å². The zero-order valence-corrected chi connectivity index (χ0v) is 26.2. The number of thiazole rings is 1. The average Bonchev–Trinajstić information content (AvgIpc) is 3.64. The van der Waals surface area contributed by atoms with E-state index in [-0.39, 0.29) is 48.4 Å². The molecule has 0 spiro atoms. The number of amides is 1. The summed E-state index contributed by atoms with van der Waals surface area (Å²) in [5, 5.41) is 0.519. The highest BCUT2D eigenvalue weighted by molar-refractivity contribution is 7.98. The first-order valence-corrected chi connectivity index (χ1v) is 16.3. The van der Waals surface area contributed by atoms with Crippen molar-refractivity contribution >= 4 is 34.8 Å². The number of hydrogen-bond acceptors (Lipinski definition) is 8. The van der Waals surface area contributed by atoms with Gasteiger partial charge in [-0.25, -0.2) is 18.8 Å². The predicted molar refractivity (Wildman–Crippen MR) is 169 cm³/mol. The molecule has 5 aromatic rings. The minimum atomic E-state index is -0.388. The van der Waals surface area contributed by atoms with Gasteiger partial charge in [-0.05, 0) is 43.4 Å². The summed E-state index contributed by atoms with van der Waals surface area (Å²) in [5.74, 6) is 0.0459. The molecule has 0 bridgehead atoms. The maximum absolute atomic E-state index is 13.9. The largest absolute Gasteiger partial charge is 0.481 e. The number of halogens is 1. The summed E-state index contributed by atoms with van der Waals surface area (Å²) in [6.07, 6.45) is 7.40. The van der Waals surface area contributed by atoms with Gasteiger partial charge < -0.3 is 18.9 Å². The molecule has 3 aromatic heterocycles. The lowest BCUT2D eigenvalue weighted by atomic mass is 10.1. The predicted octanol–water partition coefficient (Wildman–Crippen LogP) is 5.29. The van der Waals surface area contributed by atoms with Crippen LogP contribution in [0.1, 0.15) is 29.9 Å². The van der Waals surface area contributed by atoms with Gasteiger partial charge >= 0.3 is 5.56 Å². The van der Waals surface area contributed by atoms with Gasteiger partial charge in [-0.3, -0.25) is 9.59 Å². The zero-order chi connectivity index (χ0) is 30.8. The molecule has 6 rings (SSSR count). The van der Waals surface area contributed by atoms with Crippen LogP contribution >= 0.6 is 23.1 Å². The van der Waals surface area contributed by atoms with Crippen LogP contribution in [0.4, 0.5) is 4.39 Å². The molecular formula is C32H32FN5O4S2. The summed E-state index contributed by atoms with van der Waals surface area (Å²) < 4.78 is 28.8. The van der Waals surface area contributed by atoms with Gasteiger partial charge in [-0.15, -0.1) is 23.1 Å². The average molecular weight is 634 g/mol. The third-order valence-corrected chi connectivity index (χ3v) is 9.21. The standard InChI is InChI=1S/C32H32FN5O4S2/c1-20-16-37(17-21(2)42-20)27(39)18-36-11-12-38-31(40)29(41-19-22-7-5-4-6-8-22)28(35-32(36)38)30-34-15-25(44-30)13-23-9-10-24(33)14-26(23)43-3/h4-12,14-15,20-21H,13,16-19H2,1-3H3/t20-,21?/m1/s1. The molecule has 4 heterocycles. The fourth-order valence-electron chi connectivity index (χ4n) is 5.36. The number of nitrogens with zero attached hydrogens (tertiary/aromatic N) is 5. The van der Waals surface area contributed by atoms with Crippen LogP contribution in [0.25, 0.3) is 16.5 Å². The molecule has 2 aromatic carbocycles. The lowest BCUT2D eigenvalue weighted by molar-refractivity contribution is -0.143. The molecular weight excluding hydrogens is 602 g/mol. The van der Waals surface area contributed by atoms with Gasteiger partial charge in [-0.1, -0.05) is 36.4 Å². The first-order valence-electron chi connectivity index (χ1n) is 14.3. The van der Waals surface area contributed by atoms with Crippen molar-refractivity contribution in [2.75, 3.05) is 19.3 Å². The Morgan fingerprint density at radius 3 is 2.66 bits per heavy atom. The van der Waals surface area contributed by atoms with Crippen LogP contribution in [0.3, 0.4) is 0 Å². The number of aromatic nitrogens is 4. The van der Waals surface area contributed by atoms with Crippen LogP contribution in [0.15, 0.2) is 76.8 Å². The van der Waals surface area contributed by atoms with Crippen molar-refractivity contribution in [3.05, 3.63) is 99.3 Å². The van der Waals surface area contributed by atoms with Crippen molar-refractivity contribution in [2.24, 2.45) is 0 Å². The van der Waals surface area contributed by atoms with Crippen LogP contribution in [-0.2, 0) is 29.1 Å². The molecule has 228 valence electrons. The molecule has 44 heavy (non-hydrogen) atoms. The molecule has 1 saturated heterocycles.